The molecular formula is C25H17F3N2O3. The van der Waals surface area contributed by atoms with Gasteiger partial charge in [0.25, 0.3) is 11.8 Å². The Morgan fingerprint density at radius 1 is 0.727 bits per heavy atom. The first-order valence-corrected chi connectivity index (χ1v) is 9.83. The van der Waals surface area contributed by atoms with Gasteiger partial charge in [-0.25, -0.2) is 0 Å². The number of rotatable bonds is 5. The van der Waals surface area contributed by atoms with Gasteiger partial charge in [-0.2, -0.15) is 13.2 Å². The standard InChI is InChI=1S/C25H17F3N2O3/c26-25(27,28)21-14-20(29-24(32)19-12-13-33-15-19)10-11-22(21)30-23(31)18-8-6-17(7-9-18)16-4-2-1-3-5-16/h1-15H,(H,29,32)(H,30,31). The van der Waals surface area contributed by atoms with Gasteiger partial charge >= 0.3 is 6.18 Å². The second-order valence-electron chi connectivity index (χ2n) is 7.12. The van der Waals surface area contributed by atoms with Gasteiger partial charge in [-0.05, 0) is 47.5 Å². The Balaban J connectivity index is 1.54. The number of nitrogens with one attached hydrogen (secondary N) is 2. The van der Waals surface area contributed by atoms with Crippen molar-refractivity contribution in [1.82, 2.24) is 0 Å². The zero-order valence-electron chi connectivity index (χ0n) is 17.0. The van der Waals surface area contributed by atoms with Crippen molar-refractivity contribution in [3.8, 4) is 11.1 Å². The topological polar surface area (TPSA) is 71.3 Å². The molecular weight excluding hydrogens is 433 g/mol. The Kier molecular flexibility index (Phi) is 5.99. The van der Waals surface area contributed by atoms with Gasteiger partial charge in [0.1, 0.15) is 6.26 Å². The second kappa shape index (κ2) is 9.04. The fourth-order valence-corrected chi connectivity index (χ4v) is 3.20. The van der Waals surface area contributed by atoms with Gasteiger partial charge in [-0.1, -0.05) is 42.5 Å². The van der Waals surface area contributed by atoms with Crippen molar-refractivity contribution < 1.29 is 27.2 Å². The minimum atomic E-state index is -4.75. The lowest BCUT2D eigenvalue weighted by molar-refractivity contribution is -0.136. The molecule has 1 aromatic heterocycles. The summed E-state index contributed by atoms with van der Waals surface area (Å²) in [5.74, 6) is -1.30. The predicted molar refractivity (Wildman–Crippen MR) is 118 cm³/mol. The molecule has 8 heteroatoms. The number of amides is 2. The minimum Gasteiger partial charge on any atom is -0.472 e. The molecule has 0 unspecified atom stereocenters. The number of benzene rings is 3. The zero-order chi connectivity index (χ0) is 23.4. The normalized spacial score (nSPS) is 11.1. The van der Waals surface area contributed by atoms with E-state index in [4.69, 9.17) is 4.42 Å². The predicted octanol–water partition coefficient (Wildman–Crippen LogP) is 6.47. The van der Waals surface area contributed by atoms with Crippen molar-refractivity contribution in [2.45, 2.75) is 6.18 Å². The van der Waals surface area contributed by atoms with E-state index in [-0.39, 0.29) is 16.8 Å². The van der Waals surface area contributed by atoms with Crippen LogP contribution in [-0.4, -0.2) is 11.8 Å². The van der Waals surface area contributed by atoms with Crippen molar-refractivity contribution in [2.75, 3.05) is 10.6 Å². The van der Waals surface area contributed by atoms with Gasteiger partial charge < -0.3 is 15.1 Å². The minimum absolute atomic E-state index is 0.0706. The van der Waals surface area contributed by atoms with E-state index in [1.54, 1.807) is 24.3 Å². The van der Waals surface area contributed by atoms with Crippen LogP contribution >= 0.6 is 0 Å². The first-order valence-electron chi connectivity index (χ1n) is 9.83. The largest absolute Gasteiger partial charge is 0.472 e. The third-order valence-electron chi connectivity index (χ3n) is 4.87. The molecule has 0 fully saturated rings. The van der Waals surface area contributed by atoms with Crippen LogP contribution in [0.25, 0.3) is 11.1 Å². The fraction of sp³-hybridized carbons (Fsp3) is 0.0400. The second-order valence-corrected chi connectivity index (χ2v) is 7.12. The van der Waals surface area contributed by atoms with Gasteiger partial charge in [-0.3, -0.25) is 9.59 Å². The Labute approximate surface area is 186 Å². The quantitative estimate of drug-likeness (QED) is 0.366. The van der Waals surface area contributed by atoms with Crippen LogP contribution in [0.2, 0.25) is 0 Å². The summed E-state index contributed by atoms with van der Waals surface area (Å²) in [5, 5.41) is 4.69. The van der Waals surface area contributed by atoms with Crippen molar-refractivity contribution in [1.29, 1.82) is 0 Å². The van der Waals surface area contributed by atoms with E-state index >= 15 is 0 Å². The number of furan rings is 1. The molecule has 0 spiro atoms. The molecule has 1 heterocycles. The van der Waals surface area contributed by atoms with E-state index in [0.717, 1.165) is 23.3 Å². The molecule has 166 valence electrons. The number of carbonyl (C=O) groups excluding carboxylic acids is 2. The third-order valence-corrected chi connectivity index (χ3v) is 4.87. The van der Waals surface area contributed by atoms with Crippen LogP contribution in [0.4, 0.5) is 24.5 Å². The van der Waals surface area contributed by atoms with Crippen molar-refractivity contribution in [3.63, 3.8) is 0 Å². The highest BCUT2D eigenvalue weighted by molar-refractivity contribution is 6.06. The van der Waals surface area contributed by atoms with Crippen molar-refractivity contribution >= 4 is 23.2 Å². The lowest BCUT2D eigenvalue weighted by Crippen LogP contribution is -2.18. The van der Waals surface area contributed by atoms with E-state index in [1.807, 2.05) is 30.3 Å². The van der Waals surface area contributed by atoms with E-state index < -0.39 is 29.2 Å². The number of hydrogen-bond donors (Lipinski definition) is 2. The molecule has 2 N–H and O–H groups in total. The molecule has 0 saturated heterocycles. The number of alkyl halides is 3. The van der Waals surface area contributed by atoms with Crippen LogP contribution in [0.15, 0.2) is 95.8 Å². The lowest BCUT2D eigenvalue weighted by atomic mass is 10.0. The summed E-state index contributed by atoms with van der Waals surface area (Å²) in [4.78, 5) is 24.7. The summed E-state index contributed by atoms with van der Waals surface area (Å²) in [6, 6.07) is 20.6. The summed E-state index contributed by atoms with van der Waals surface area (Å²) in [6.07, 6.45) is -2.30. The van der Waals surface area contributed by atoms with Crippen molar-refractivity contribution in [3.05, 3.63) is 108 Å². The molecule has 0 aliphatic carbocycles. The zero-order valence-corrected chi connectivity index (χ0v) is 17.0. The summed E-state index contributed by atoms with van der Waals surface area (Å²) < 4.78 is 45.8. The highest BCUT2D eigenvalue weighted by atomic mass is 19.4. The van der Waals surface area contributed by atoms with Crippen molar-refractivity contribution in [2.24, 2.45) is 0 Å². The van der Waals surface area contributed by atoms with Gasteiger partial charge in [0.15, 0.2) is 0 Å². The van der Waals surface area contributed by atoms with E-state index in [9.17, 15) is 22.8 Å². The van der Waals surface area contributed by atoms with Gasteiger partial charge in [0.2, 0.25) is 0 Å². The van der Waals surface area contributed by atoms with Gasteiger partial charge in [0.05, 0.1) is 23.1 Å². The highest BCUT2D eigenvalue weighted by Gasteiger charge is 2.34. The number of anilines is 2. The fourth-order valence-electron chi connectivity index (χ4n) is 3.20. The third kappa shape index (κ3) is 5.12. The Morgan fingerprint density at radius 2 is 1.39 bits per heavy atom. The Morgan fingerprint density at radius 3 is 2.03 bits per heavy atom. The molecule has 0 bridgehead atoms. The molecule has 3 aromatic carbocycles. The number of carbonyl (C=O) groups is 2. The maximum absolute atomic E-state index is 13.7. The van der Waals surface area contributed by atoms with Crippen LogP contribution in [0.5, 0.6) is 0 Å². The van der Waals surface area contributed by atoms with Crippen LogP contribution in [0.1, 0.15) is 26.3 Å². The molecule has 5 nitrogen and oxygen atoms in total. The molecule has 0 atom stereocenters. The van der Waals surface area contributed by atoms with Crippen LogP contribution < -0.4 is 10.6 Å². The molecule has 2 amide bonds. The van der Waals surface area contributed by atoms with Gasteiger partial charge in [0, 0.05) is 11.3 Å². The SMILES string of the molecule is O=C(Nc1ccc(NC(=O)c2ccc(-c3ccccc3)cc2)c(C(F)(F)F)c1)c1ccoc1. The summed E-state index contributed by atoms with van der Waals surface area (Å²) in [6.45, 7) is 0. The molecule has 4 aromatic rings. The first kappa shape index (κ1) is 21.9. The van der Waals surface area contributed by atoms with E-state index in [2.05, 4.69) is 10.6 Å². The maximum atomic E-state index is 13.7. The highest BCUT2D eigenvalue weighted by Crippen LogP contribution is 2.37. The Hall–Kier alpha value is -4.33. The molecule has 0 aliphatic rings. The van der Waals surface area contributed by atoms with E-state index in [0.29, 0.717) is 0 Å². The maximum Gasteiger partial charge on any atom is 0.418 e. The summed E-state index contributed by atoms with van der Waals surface area (Å²) in [7, 11) is 0. The number of halogens is 3. The number of hydrogen-bond acceptors (Lipinski definition) is 3. The van der Waals surface area contributed by atoms with Crippen LogP contribution in [0, 0.1) is 0 Å². The Bertz CT molecular complexity index is 1270. The average Bonchev–Trinajstić information content (AvgIpc) is 3.35. The van der Waals surface area contributed by atoms with Crippen LogP contribution in [0.3, 0.4) is 0 Å². The molecule has 0 radical (unpaired) electrons. The molecule has 0 saturated carbocycles. The average molecular weight is 450 g/mol. The monoisotopic (exact) mass is 450 g/mol. The molecule has 4 rings (SSSR count). The lowest BCUT2D eigenvalue weighted by Gasteiger charge is -2.16. The van der Waals surface area contributed by atoms with E-state index in [1.165, 1.54) is 24.7 Å². The molecule has 0 aliphatic heterocycles. The summed E-state index contributed by atoms with van der Waals surface area (Å²) in [5.41, 5.74) is 0.638. The van der Waals surface area contributed by atoms with Crippen LogP contribution in [-0.2, 0) is 6.18 Å². The smallest absolute Gasteiger partial charge is 0.418 e. The first-order chi connectivity index (χ1) is 15.8. The summed E-state index contributed by atoms with van der Waals surface area (Å²) >= 11 is 0. The molecule has 33 heavy (non-hydrogen) atoms. The van der Waals surface area contributed by atoms with Gasteiger partial charge in [-0.15, -0.1) is 0 Å².